The lowest BCUT2D eigenvalue weighted by atomic mass is 10.0. The molecule has 4 nitrogen and oxygen atoms in total. The Morgan fingerprint density at radius 2 is 0.941 bits per heavy atom. The van der Waals surface area contributed by atoms with Crippen LogP contribution in [0.15, 0.2) is 0 Å². The zero-order valence-electron chi connectivity index (χ0n) is 10.7. The Bertz CT molecular complexity index is 152. The van der Waals surface area contributed by atoms with E-state index in [4.69, 9.17) is 10.2 Å². The highest BCUT2D eigenvalue weighted by Crippen LogP contribution is 2.12. The second-order valence-corrected chi connectivity index (χ2v) is 4.63. The molecule has 0 saturated carbocycles. The van der Waals surface area contributed by atoms with E-state index in [1.54, 1.807) is 0 Å². The minimum Gasteiger partial charge on any atom is -0.396 e. The normalized spacial score (nSPS) is 14.8. The van der Waals surface area contributed by atoms with Crippen LogP contribution >= 0.6 is 0 Å². The van der Waals surface area contributed by atoms with Gasteiger partial charge in [-0.05, 0) is 25.7 Å². The van der Waals surface area contributed by atoms with Gasteiger partial charge in [0.25, 0.3) is 0 Å². The molecule has 0 heterocycles. The maximum Gasteiger partial charge on any atom is 0.0800 e. The fourth-order valence-corrected chi connectivity index (χ4v) is 1.86. The van der Waals surface area contributed by atoms with E-state index in [9.17, 15) is 10.2 Å². The predicted octanol–water partition coefficient (Wildman–Crippen LogP) is 1.20. The molecule has 0 spiro atoms. The lowest BCUT2D eigenvalue weighted by molar-refractivity contribution is 0.00522. The highest BCUT2D eigenvalue weighted by molar-refractivity contribution is 4.67. The molecule has 104 valence electrons. The first-order chi connectivity index (χ1) is 8.22. The summed E-state index contributed by atoms with van der Waals surface area (Å²) in [4.78, 5) is 0. The van der Waals surface area contributed by atoms with Crippen molar-refractivity contribution in [2.45, 2.75) is 70.0 Å². The summed E-state index contributed by atoms with van der Waals surface area (Å²) in [5, 5.41) is 36.4. The summed E-state index contributed by atoms with van der Waals surface area (Å²) in [6, 6.07) is 0. The molecule has 0 fully saturated rings. The summed E-state index contributed by atoms with van der Waals surface area (Å²) < 4.78 is 0. The van der Waals surface area contributed by atoms with Gasteiger partial charge in [-0.25, -0.2) is 0 Å². The van der Waals surface area contributed by atoms with Crippen molar-refractivity contribution < 1.29 is 20.4 Å². The molecule has 4 N–H and O–H groups in total. The molecule has 0 aromatic rings. The Hall–Kier alpha value is -0.160. The summed E-state index contributed by atoms with van der Waals surface area (Å²) in [6.07, 6.45) is 6.48. The largest absolute Gasteiger partial charge is 0.396 e. The van der Waals surface area contributed by atoms with Gasteiger partial charge in [0.2, 0.25) is 0 Å². The Labute approximate surface area is 104 Å². The Morgan fingerprint density at radius 3 is 1.47 bits per heavy atom. The van der Waals surface area contributed by atoms with Crippen molar-refractivity contribution in [1.29, 1.82) is 0 Å². The summed E-state index contributed by atoms with van der Waals surface area (Å²) in [6.45, 7) is 0.338. The van der Waals surface area contributed by atoms with E-state index in [1.807, 2.05) is 0 Å². The highest BCUT2D eigenvalue weighted by atomic mass is 16.3. The van der Waals surface area contributed by atoms with E-state index >= 15 is 0 Å². The molecule has 0 radical (unpaired) electrons. The van der Waals surface area contributed by atoms with Crippen LogP contribution < -0.4 is 0 Å². The molecular weight excluding hydrogens is 220 g/mol. The van der Waals surface area contributed by atoms with Gasteiger partial charge in [-0.2, -0.15) is 0 Å². The SMILES string of the molecule is OCCCCCCCCC(O)C(O)CCCO. The molecule has 0 rings (SSSR count). The molecule has 4 heteroatoms. The minimum absolute atomic E-state index is 0.0641. The second-order valence-electron chi connectivity index (χ2n) is 4.63. The van der Waals surface area contributed by atoms with Crippen molar-refractivity contribution in [2.75, 3.05) is 13.2 Å². The maximum atomic E-state index is 9.62. The van der Waals surface area contributed by atoms with Crippen LogP contribution in [0.25, 0.3) is 0 Å². The summed E-state index contributed by atoms with van der Waals surface area (Å²) in [5.74, 6) is 0. The van der Waals surface area contributed by atoms with E-state index in [1.165, 1.54) is 0 Å². The molecule has 17 heavy (non-hydrogen) atoms. The molecule has 2 unspecified atom stereocenters. The Balaban J connectivity index is 3.28. The number of aliphatic hydroxyl groups excluding tert-OH is 4. The smallest absolute Gasteiger partial charge is 0.0800 e. The van der Waals surface area contributed by atoms with Crippen LogP contribution in [0.2, 0.25) is 0 Å². The Morgan fingerprint density at radius 1 is 0.529 bits per heavy atom. The lowest BCUT2D eigenvalue weighted by Crippen LogP contribution is -2.25. The average Bonchev–Trinajstić information content (AvgIpc) is 2.34. The van der Waals surface area contributed by atoms with Gasteiger partial charge in [0, 0.05) is 13.2 Å². The van der Waals surface area contributed by atoms with Crippen LogP contribution in [0.5, 0.6) is 0 Å². The van der Waals surface area contributed by atoms with Crippen LogP contribution in [0.4, 0.5) is 0 Å². The quantitative estimate of drug-likeness (QED) is 0.391. The number of rotatable bonds is 12. The van der Waals surface area contributed by atoms with Crippen LogP contribution in [-0.2, 0) is 0 Å². The van der Waals surface area contributed by atoms with Crippen molar-refractivity contribution in [2.24, 2.45) is 0 Å². The van der Waals surface area contributed by atoms with Crippen molar-refractivity contribution in [3.8, 4) is 0 Å². The average molecular weight is 248 g/mol. The van der Waals surface area contributed by atoms with Gasteiger partial charge >= 0.3 is 0 Å². The molecule has 2 atom stereocenters. The van der Waals surface area contributed by atoms with Crippen molar-refractivity contribution in [1.82, 2.24) is 0 Å². The van der Waals surface area contributed by atoms with E-state index < -0.39 is 12.2 Å². The molecule has 0 aliphatic carbocycles. The summed E-state index contributed by atoms with van der Waals surface area (Å²) in [5.41, 5.74) is 0. The molecule has 0 aromatic heterocycles. The van der Waals surface area contributed by atoms with Gasteiger partial charge < -0.3 is 20.4 Å². The van der Waals surface area contributed by atoms with Gasteiger partial charge in [-0.15, -0.1) is 0 Å². The number of hydrogen-bond donors (Lipinski definition) is 4. The predicted molar refractivity (Wildman–Crippen MR) is 67.7 cm³/mol. The van der Waals surface area contributed by atoms with Crippen LogP contribution in [0, 0.1) is 0 Å². The zero-order valence-corrected chi connectivity index (χ0v) is 10.7. The zero-order chi connectivity index (χ0) is 12.9. The monoisotopic (exact) mass is 248 g/mol. The van der Waals surface area contributed by atoms with Gasteiger partial charge in [0.15, 0.2) is 0 Å². The summed E-state index contributed by atoms with van der Waals surface area (Å²) in [7, 11) is 0. The van der Waals surface area contributed by atoms with Crippen molar-refractivity contribution >= 4 is 0 Å². The van der Waals surface area contributed by atoms with Crippen LogP contribution in [-0.4, -0.2) is 45.8 Å². The minimum atomic E-state index is -0.698. The number of aliphatic hydroxyl groups is 4. The molecule has 0 bridgehead atoms. The van der Waals surface area contributed by atoms with E-state index in [0.29, 0.717) is 19.3 Å². The Kier molecular flexibility index (Phi) is 12.2. The highest BCUT2D eigenvalue weighted by Gasteiger charge is 2.14. The standard InChI is InChI=1S/C13H28O4/c14-10-6-4-2-1-3-5-8-12(16)13(17)9-7-11-15/h12-17H,1-11H2. The van der Waals surface area contributed by atoms with Crippen molar-refractivity contribution in [3.63, 3.8) is 0 Å². The molecule has 0 saturated heterocycles. The van der Waals surface area contributed by atoms with Crippen LogP contribution in [0.1, 0.15) is 57.8 Å². The van der Waals surface area contributed by atoms with Crippen LogP contribution in [0.3, 0.4) is 0 Å². The van der Waals surface area contributed by atoms with Crippen molar-refractivity contribution in [3.05, 3.63) is 0 Å². The number of hydrogen-bond acceptors (Lipinski definition) is 4. The first-order valence-corrected chi connectivity index (χ1v) is 6.80. The molecular formula is C13H28O4. The topological polar surface area (TPSA) is 80.9 Å². The van der Waals surface area contributed by atoms with Gasteiger partial charge in [0.05, 0.1) is 12.2 Å². The lowest BCUT2D eigenvalue weighted by Gasteiger charge is -2.17. The third-order valence-corrected chi connectivity index (χ3v) is 3.01. The molecule has 0 aliphatic rings. The van der Waals surface area contributed by atoms with Gasteiger partial charge in [-0.1, -0.05) is 32.1 Å². The van der Waals surface area contributed by atoms with Gasteiger partial charge in [0.1, 0.15) is 0 Å². The molecule has 0 amide bonds. The summed E-state index contributed by atoms with van der Waals surface area (Å²) >= 11 is 0. The third kappa shape index (κ3) is 10.7. The van der Waals surface area contributed by atoms with E-state index in [-0.39, 0.29) is 13.2 Å². The second kappa shape index (κ2) is 12.3. The fourth-order valence-electron chi connectivity index (χ4n) is 1.86. The van der Waals surface area contributed by atoms with Gasteiger partial charge in [-0.3, -0.25) is 0 Å². The molecule has 0 aliphatic heterocycles. The fraction of sp³-hybridized carbons (Fsp3) is 1.00. The van der Waals surface area contributed by atoms with E-state index in [2.05, 4.69) is 0 Å². The first kappa shape index (κ1) is 16.8. The molecule has 0 aromatic carbocycles. The third-order valence-electron chi connectivity index (χ3n) is 3.01. The van der Waals surface area contributed by atoms with E-state index in [0.717, 1.165) is 38.5 Å². The first-order valence-electron chi connectivity index (χ1n) is 6.80. The maximum absolute atomic E-state index is 9.62. The number of unbranched alkanes of at least 4 members (excludes halogenated alkanes) is 5.